The largest absolute Gasteiger partial charge is 0.434 e. The van der Waals surface area contributed by atoms with Crippen molar-refractivity contribution in [3.63, 3.8) is 0 Å². The van der Waals surface area contributed by atoms with E-state index in [4.69, 9.17) is 4.42 Å². The zero-order valence-corrected chi connectivity index (χ0v) is 12.6. The minimum absolute atomic E-state index is 0.221. The van der Waals surface area contributed by atoms with Crippen molar-refractivity contribution in [2.75, 3.05) is 6.26 Å². The summed E-state index contributed by atoms with van der Waals surface area (Å²) < 4.78 is 29.5. The van der Waals surface area contributed by atoms with Crippen LogP contribution in [0.25, 0.3) is 0 Å². The van der Waals surface area contributed by atoms with Crippen LogP contribution in [0.4, 0.5) is 0 Å². The maximum absolute atomic E-state index is 12.2. The van der Waals surface area contributed by atoms with E-state index < -0.39 is 20.8 Å². The highest BCUT2D eigenvalue weighted by Crippen LogP contribution is 2.45. The first-order valence-electron chi connectivity index (χ1n) is 6.70. The second-order valence-electron chi connectivity index (χ2n) is 5.57. The molecule has 112 valence electrons. The number of H-pyrrole nitrogens is 1. The van der Waals surface area contributed by atoms with Gasteiger partial charge in [0.05, 0.1) is 5.25 Å². The lowest BCUT2D eigenvalue weighted by Gasteiger charge is -2.34. The Morgan fingerprint density at radius 2 is 2.05 bits per heavy atom. The highest BCUT2D eigenvalue weighted by molar-refractivity contribution is 7.90. The first kappa shape index (κ1) is 14.1. The Morgan fingerprint density at radius 1 is 1.33 bits per heavy atom. The molecule has 3 atom stereocenters. The Labute approximate surface area is 122 Å². The van der Waals surface area contributed by atoms with Crippen molar-refractivity contribution >= 4 is 9.84 Å². The maximum atomic E-state index is 12.2. The molecule has 1 N–H and O–H groups in total. The quantitative estimate of drug-likeness (QED) is 0.905. The summed E-state index contributed by atoms with van der Waals surface area (Å²) in [5.41, 5.74) is 1.79. The number of fused-ring (bicyclic) bond motifs is 1. The van der Waals surface area contributed by atoms with Crippen LogP contribution in [-0.4, -0.2) is 24.9 Å². The topological polar surface area (TPSA) is 93.0 Å². The van der Waals surface area contributed by atoms with E-state index in [2.05, 4.69) is 10.2 Å². The van der Waals surface area contributed by atoms with Gasteiger partial charge < -0.3 is 4.42 Å². The molecular weight excluding hydrogens is 292 g/mol. The maximum Gasteiger partial charge on any atom is 0.434 e. The standard InChI is InChI=1S/C14H16N2O4S/c1-8-11(13-15-16-14(17)20-13)7-9-5-3-4-6-10(9)12(8)21(2,18)19/h3-6,8,11-12H,7H2,1-2H3,(H,16,17)/t8-,11-,12?/m1/s1. The van der Waals surface area contributed by atoms with Crippen molar-refractivity contribution < 1.29 is 12.8 Å². The first-order chi connectivity index (χ1) is 9.88. The molecular formula is C14H16N2O4S. The van der Waals surface area contributed by atoms with E-state index in [-0.39, 0.29) is 17.7 Å². The van der Waals surface area contributed by atoms with Crippen molar-refractivity contribution in [3.8, 4) is 0 Å². The molecule has 6 nitrogen and oxygen atoms in total. The molecule has 0 bridgehead atoms. The summed E-state index contributed by atoms with van der Waals surface area (Å²) in [7, 11) is -3.28. The fraction of sp³-hybridized carbons (Fsp3) is 0.429. The summed E-state index contributed by atoms with van der Waals surface area (Å²) in [5.74, 6) is -0.803. The van der Waals surface area contributed by atoms with E-state index in [0.29, 0.717) is 6.42 Å². The zero-order chi connectivity index (χ0) is 15.2. The van der Waals surface area contributed by atoms with E-state index >= 15 is 0 Å². The zero-order valence-electron chi connectivity index (χ0n) is 11.7. The van der Waals surface area contributed by atoms with Crippen LogP contribution >= 0.6 is 0 Å². The Morgan fingerprint density at radius 3 is 2.67 bits per heavy atom. The van der Waals surface area contributed by atoms with Gasteiger partial charge in [-0.3, -0.25) is 0 Å². The number of hydrogen-bond acceptors (Lipinski definition) is 5. The van der Waals surface area contributed by atoms with Gasteiger partial charge in [0.1, 0.15) is 0 Å². The summed E-state index contributed by atoms with van der Waals surface area (Å²) in [4.78, 5) is 11.2. The van der Waals surface area contributed by atoms with Gasteiger partial charge >= 0.3 is 5.76 Å². The second kappa shape index (κ2) is 4.84. The molecule has 1 aromatic heterocycles. The molecule has 3 rings (SSSR count). The number of benzene rings is 1. The minimum atomic E-state index is -3.28. The summed E-state index contributed by atoms with van der Waals surface area (Å²) in [6, 6.07) is 7.50. The number of aromatic nitrogens is 2. The highest BCUT2D eigenvalue weighted by atomic mass is 32.2. The van der Waals surface area contributed by atoms with E-state index in [1.54, 1.807) is 0 Å². The first-order valence-corrected chi connectivity index (χ1v) is 8.65. The third kappa shape index (κ3) is 2.42. The van der Waals surface area contributed by atoms with E-state index in [9.17, 15) is 13.2 Å². The normalized spacial score (nSPS) is 25.5. The number of nitrogens with one attached hydrogen (secondary N) is 1. The van der Waals surface area contributed by atoms with Gasteiger partial charge in [-0.25, -0.2) is 18.3 Å². The van der Waals surface area contributed by atoms with Gasteiger partial charge in [0.2, 0.25) is 5.89 Å². The Balaban J connectivity index is 2.14. The molecule has 0 saturated heterocycles. The average molecular weight is 308 g/mol. The van der Waals surface area contributed by atoms with Crippen LogP contribution < -0.4 is 5.76 Å². The molecule has 1 aliphatic rings. The summed E-state index contributed by atoms with van der Waals surface area (Å²) in [6.07, 6.45) is 1.85. The van der Waals surface area contributed by atoms with Crippen LogP contribution in [-0.2, 0) is 16.3 Å². The van der Waals surface area contributed by atoms with Crippen LogP contribution in [0.3, 0.4) is 0 Å². The van der Waals surface area contributed by atoms with E-state index in [1.807, 2.05) is 31.2 Å². The number of aromatic amines is 1. The van der Waals surface area contributed by atoms with Gasteiger partial charge in [0, 0.05) is 12.2 Å². The molecule has 1 heterocycles. The van der Waals surface area contributed by atoms with E-state index in [1.165, 1.54) is 6.26 Å². The lowest BCUT2D eigenvalue weighted by atomic mass is 9.76. The second-order valence-corrected chi connectivity index (χ2v) is 7.74. The smallest absolute Gasteiger partial charge is 0.392 e. The molecule has 0 spiro atoms. The predicted octanol–water partition coefficient (Wildman–Crippen LogP) is 1.42. The number of nitrogens with zero attached hydrogens (tertiary/aromatic N) is 1. The molecule has 0 fully saturated rings. The molecule has 1 unspecified atom stereocenters. The van der Waals surface area contributed by atoms with Crippen LogP contribution in [0.2, 0.25) is 0 Å². The molecule has 0 radical (unpaired) electrons. The number of sulfone groups is 1. The van der Waals surface area contributed by atoms with Crippen LogP contribution in [0.5, 0.6) is 0 Å². The van der Waals surface area contributed by atoms with Gasteiger partial charge in [-0.05, 0) is 23.5 Å². The summed E-state index contributed by atoms with van der Waals surface area (Å²) >= 11 is 0. The monoisotopic (exact) mass is 308 g/mol. The number of rotatable bonds is 2. The summed E-state index contributed by atoms with van der Waals surface area (Å²) in [6.45, 7) is 1.86. The van der Waals surface area contributed by atoms with Crippen molar-refractivity contribution in [1.82, 2.24) is 10.2 Å². The lowest BCUT2D eigenvalue weighted by molar-refractivity contribution is 0.328. The van der Waals surface area contributed by atoms with Crippen molar-refractivity contribution in [1.29, 1.82) is 0 Å². The predicted molar refractivity (Wildman–Crippen MR) is 76.8 cm³/mol. The number of hydrogen-bond donors (Lipinski definition) is 1. The van der Waals surface area contributed by atoms with Crippen molar-refractivity contribution in [2.45, 2.75) is 24.5 Å². The van der Waals surface area contributed by atoms with Gasteiger partial charge in [-0.1, -0.05) is 31.2 Å². The third-order valence-electron chi connectivity index (χ3n) is 4.15. The van der Waals surface area contributed by atoms with Gasteiger partial charge in [-0.15, -0.1) is 5.10 Å². The Hall–Kier alpha value is -1.89. The molecule has 0 saturated carbocycles. The van der Waals surface area contributed by atoms with Gasteiger partial charge in [0.25, 0.3) is 0 Å². The molecule has 7 heteroatoms. The van der Waals surface area contributed by atoms with Crippen molar-refractivity contribution in [2.24, 2.45) is 5.92 Å². The fourth-order valence-corrected chi connectivity index (χ4v) is 4.91. The summed E-state index contributed by atoms with van der Waals surface area (Å²) in [5, 5.41) is 5.51. The van der Waals surface area contributed by atoms with Crippen LogP contribution in [0, 0.1) is 5.92 Å². The third-order valence-corrected chi connectivity index (χ3v) is 5.75. The molecule has 21 heavy (non-hydrogen) atoms. The fourth-order valence-electron chi connectivity index (χ4n) is 3.25. The molecule has 1 aromatic carbocycles. The highest BCUT2D eigenvalue weighted by Gasteiger charge is 2.41. The van der Waals surface area contributed by atoms with Crippen molar-refractivity contribution in [3.05, 3.63) is 51.8 Å². The van der Waals surface area contributed by atoms with Crippen LogP contribution in [0.15, 0.2) is 33.5 Å². The molecule has 2 aromatic rings. The molecule has 0 aliphatic heterocycles. The Kier molecular flexibility index (Phi) is 3.24. The van der Waals surface area contributed by atoms with Gasteiger partial charge in [0.15, 0.2) is 9.84 Å². The van der Waals surface area contributed by atoms with Crippen LogP contribution in [0.1, 0.15) is 35.1 Å². The lowest BCUT2D eigenvalue weighted by Crippen LogP contribution is -2.31. The SMILES string of the molecule is C[C@H]1C(S(C)(=O)=O)c2ccccc2C[C@H]1c1n[nH]c(=O)o1. The molecule has 0 amide bonds. The van der Waals surface area contributed by atoms with Gasteiger partial charge in [-0.2, -0.15) is 0 Å². The molecule has 1 aliphatic carbocycles. The van der Waals surface area contributed by atoms with E-state index in [0.717, 1.165) is 11.1 Å². The Bertz CT molecular complexity index is 821. The average Bonchev–Trinajstić information content (AvgIpc) is 2.83. The minimum Gasteiger partial charge on any atom is -0.392 e.